The fourth-order valence-electron chi connectivity index (χ4n) is 4.21. The summed E-state index contributed by atoms with van der Waals surface area (Å²) in [5.41, 5.74) is 2.41. The van der Waals surface area contributed by atoms with Crippen molar-refractivity contribution < 1.29 is 9.59 Å². The molecule has 2 heterocycles. The first-order valence-corrected chi connectivity index (χ1v) is 10.0. The van der Waals surface area contributed by atoms with Crippen molar-refractivity contribution in [2.45, 2.75) is 37.6 Å². The maximum absolute atomic E-state index is 12.8. The third kappa shape index (κ3) is 4.09. The summed E-state index contributed by atoms with van der Waals surface area (Å²) in [5.74, 6) is -0.0804. The highest BCUT2D eigenvalue weighted by Crippen LogP contribution is 2.29. The number of anilines is 1. The van der Waals surface area contributed by atoms with Crippen LogP contribution in [0.3, 0.4) is 0 Å². The van der Waals surface area contributed by atoms with Crippen molar-refractivity contribution in [2.75, 3.05) is 18.4 Å². The molecule has 3 N–H and O–H groups in total. The zero-order valence-corrected chi connectivity index (χ0v) is 16.1. The zero-order chi connectivity index (χ0) is 19.5. The Morgan fingerprint density at radius 1 is 1.14 bits per heavy atom. The molecular formula is C21H27N5O2. The van der Waals surface area contributed by atoms with E-state index in [4.69, 9.17) is 0 Å². The van der Waals surface area contributed by atoms with Crippen LogP contribution < -0.4 is 16.0 Å². The van der Waals surface area contributed by atoms with E-state index in [-0.39, 0.29) is 23.7 Å². The molecule has 2 aromatic rings. The van der Waals surface area contributed by atoms with E-state index in [1.807, 2.05) is 19.4 Å². The standard InChI is InChI=1S/C21H27N5O2/c1-26-13-15(10-23-26)18-11-22-12-19(18)21(28)25-17-8-6-14(7-9-17)20(27)24-16-4-2-3-5-16/h6-10,13,16,18-19,22H,2-5,11-12H2,1H3,(H,24,27)(H,25,28)/t18-,19+/m1/s1. The molecular weight excluding hydrogens is 354 g/mol. The molecule has 0 spiro atoms. The van der Waals surface area contributed by atoms with Crippen LogP contribution in [0.15, 0.2) is 36.7 Å². The van der Waals surface area contributed by atoms with Crippen LogP contribution in [-0.2, 0) is 11.8 Å². The Morgan fingerprint density at radius 3 is 2.57 bits per heavy atom. The quantitative estimate of drug-likeness (QED) is 0.740. The van der Waals surface area contributed by atoms with Gasteiger partial charge in [-0.3, -0.25) is 14.3 Å². The lowest BCUT2D eigenvalue weighted by atomic mass is 9.90. The summed E-state index contributed by atoms with van der Waals surface area (Å²) in [6, 6.07) is 7.42. The summed E-state index contributed by atoms with van der Waals surface area (Å²) in [6.45, 7) is 1.41. The Kier molecular flexibility index (Phi) is 5.43. The van der Waals surface area contributed by atoms with E-state index in [1.54, 1.807) is 28.9 Å². The van der Waals surface area contributed by atoms with Gasteiger partial charge in [-0.25, -0.2) is 0 Å². The second kappa shape index (κ2) is 8.14. The van der Waals surface area contributed by atoms with E-state index in [1.165, 1.54) is 12.8 Å². The molecule has 0 bridgehead atoms. The molecule has 4 rings (SSSR count). The van der Waals surface area contributed by atoms with Gasteiger partial charge >= 0.3 is 0 Å². The first-order chi connectivity index (χ1) is 13.6. The molecule has 7 nitrogen and oxygen atoms in total. The molecule has 2 fully saturated rings. The van der Waals surface area contributed by atoms with E-state index in [9.17, 15) is 9.59 Å². The van der Waals surface area contributed by atoms with E-state index < -0.39 is 0 Å². The second-order valence-electron chi connectivity index (χ2n) is 7.84. The Morgan fingerprint density at radius 2 is 1.89 bits per heavy atom. The number of nitrogens with zero attached hydrogens (tertiary/aromatic N) is 2. The zero-order valence-electron chi connectivity index (χ0n) is 16.1. The number of aromatic nitrogens is 2. The average Bonchev–Trinajstić information content (AvgIpc) is 3.43. The first kappa shape index (κ1) is 18.7. The molecule has 7 heteroatoms. The highest BCUT2D eigenvalue weighted by molar-refractivity contribution is 5.96. The summed E-state index contributed by atoms with van der Waals surface area (Å²) in [7, 11) is 1.88. The molecule has 1 saturated carbocycles. The first-order valence-electron chi connectivity index (χ1n) is 10.0. The number of benzene rings is 1. The van der Waals surface area contributed by atoms with Crippen LogP contribution in [0, 0.1) is 5.92 Å². The topological polar surface area (TPSA) is 88.0 Å². The van der Waals surface area contributed by atoms with Gasteiger partial charge in [0, 0.05) is 49.5 Å². The van der Waals surface area contributed by atoms with Crippen molar-refractivity contribution in [3.05, 3.63) is 47.8 Å². The summed E-state index contributed by atoms with van der Waals surface area (Å²) >= 11 is 0. The number of hydrogen-bond acceptors (Lipinski definition) is 4. The van der Waals surface area contributed by atoms with E-state index in [0.29, 0.717) is 23.8 Å². The highest BCUT2D eigenvalue weighted by Gasteiger charge is 2.34. The highest BCUT2D eigenvalue weighted by atomic mass is 16.2. The minimum atomic E-state index is -0.144. The predicted octanol–water partition coefficient (Wildman–Crippen LogP) is 2.03. The van der Waals surface area contributed by atoms with Gasteiger partial charge in [-0.05, 0) is 42.7 Å². The second-order valence-corrected chi connectivity index (χ2v) is 7.84. The molecule has 1 saturated heterocycles. The average molecular weight is 381 g/mol. The monoisotopic (exact) mass is 381 g/mol. The molecule has 0 unspecified atom stereocenters. The number of rotatable bonds is 5. The number of nitrogens with one attached hydrogen (secondary N) is 3. The lowest BCUT2D eigenvalue weighted by Crippen LogP contribution is -2.32. The van der Waals surface area contributed by atoms with Gasteiger partial charge in [-0.1, -0.05) is 12.8 Å². The van der Waals surface area contributed by atoms with Gasteiger partial charge < -0.3 is 16.0 Å². The third-order valence-electron chi connectivity index (χ3n) is 5.81. The van der Waals surface area contributed by atoms with Crippen LogP contribution in [0.4, 0.5) is 5.69 Å². The minimum absolute atomic E-state index is 0.0120. The van der Waals surface area contributed by atoms with Crippen LogP contribution in [0.5, 0.6) is 0 Å². The van der Waals surface area contributed by atoms with Gasteiger partial charge in [-0.2, -0.15) is 5.10 Å². The molecule has 1 aliphatic heterocycles. The van der Waals surface area contributed by atoms with Gasteiger partial charge in [-0.15, -0.1) is 0 Å². The van der Waals surface area contributed by atoms with Gasteiger partial charge in [0.15, 0.2) is 0 Å². The van der Waals surface area contributed by atoms with Crippen molar-refractivity contribution in [3.8, 4) is 0 Å². The van der Waals surface area contributed by atoms with E-state index in [0.717, 1.165) is 24.9 Å². The largest absolute Gasteiger partial charge is 0.349 e. The summed E-state index contributed by atoms with van der Waals surface area (Å²) < 4.78 is 1.76. The summed E-state index contributed by atoms with van der Waals surface area (Å²) in [6.07, 6.45) is 8.30. The maximum atomic E-state index is 12.8. The SMILES string of the molecule is Cn1cc([C@H]2CNC[C@@H]2C(=O)Nc2ccc(C(=O)NC3CCCC3)cc2)cn1. The Balaban J connectivity index is 1.37. The van der Waals surface area contributed by atoms with Gasteiger partial charge in [0.1, 0.15) is 0 Å². The van der Waals surface area contributed by atoms with Crippen LogP contribution in [0.2, 0.25) is 0 Å². The normalized spacial score (nSPS) is 22.3. The van der Waals surface area contributed by atoms with Crippen molar-refractivity contribution in [1.82, 2.24) is 20.4 Å². The summed E-state index contributed by atoms with van der Waals surface area (Å²) in [5, 5.41) is 13.6. The van der Waals surface area contributed by atoms with Crippen LogP contribution >= 0.6 is 0 Å². The van der Waals surface area contributed by atoms with E-state index >= 15 is 0 Å². The van der Waals surface area contributed by atoms with Gasteiger partial charge in [0.2, 0.25) is 5.91 Å². The van der Waals surface area contributed by atoms with E-state index in [2.05, 4.69) is 21.0 Å². The fraction of sp³-hybridized carbons (Fsp3) is 0.476. The van der Waals surface area contributed by atoms with Gasteiger partial charge in [0.25, 0.3) is 5.91 Å². The number of amides is 2. The number of carbonyl (C=O) groups excluding carboxylic acids is 2. The van der Waals surface area contributed by atoms with Crippen LogP contribution in [-0.4, -0.2) is 40.7 Å². The molecule has 2 atom stereocenters. The molecule has 1 aromatic heterocycles. The maximum Gasteiger partial charge on any atom is 0.251 e. The Hall–Kier alpha value is -2.67. The van der Waals surface area contributed by atoms with Crippen LogP contribution in [0.1, 0.15) is 47.5 Å². The Bertz CT molecular complexity index is 839. The minimum Gasteiger partial charge on any atom is -0.349 e. The van der Waals surface area contributed by atoms with Crippen molar-refractivity contribution in [1.29, 1.82) is 0 Å². The summed E-state index contributed by atoms with van der Waals surface area (Å²) in [4.78, 5) is 25.1. The molecule has 1 aliphatic carbocycles. The van der Waals surface area contributed by atoms with Crippen molar-refractivity contribution >= 4 is 17.5 Å². The lowest BCUT2D eigenvalue weighted by molar-refractivity contribution is -0.119. The molecule has 28 heavy (non-hydrogen) atoms. The number of aryl methyl sites for hydroxylation is 1. The molecule has 2 amide bonds. The van der Waals surface area contributed by atoms with Crippen molar-refractivity contribution in [3.63, 3.8) is 0 Å². The van der Waals surface area contributed by atoms with Gasteiger partial charge in [0.05, 0.1) is 12.1 Å². The predicted molar refractivity (Wildman–Crippen MR) is 107 cm³/mol. The Labute approximate surface area is 164 Å². The fourth-order valence-corrected chi connectivity index (χ4v) is 4.21. The molecule has 0 radical (unpaired) electrons. The van der Waals surface area contributed by atoms with Crippen LogP contribution in [0.25, 0.3) is 0 Å². The number of carbonyl (C=O) groups is 2. The molecule has 2 aliphatic rings. The number of hydrogen-bond donors (Lipinski definition) is 3. The third-order valence-corrected chi connectivity index (χ3v) is 5.81. The van der Waals surface area contributed by atoms with Crippen molar-refractivity contribution in [2.24, 2.45) is 13.0 Å². The molecule has 1 aromatic carbocycles. The lowest BCUT2D eigenvalue weighted by Gasteiger charge is -2.17. The molecule has 148 valence electrons. The smallest absolute Gasteiger partial charge is 0.251 e.